The van der Waals surface area contributed by atoms with Crippen molar-refractivity contribution in [3.05, 3.63) is 28.2 Å². The first-order valence-electron chi connectivity index (χ1n) is 5.69. The highest BCUT2D eigenvalue weighted by Gasteiger charge is 2.14. The van der Waals surface area contributed by atoms with Crippen LogP contribution in [0.1, 0.15) is 25.3 Å². The lowest BCUT2D eigenvalue weighted by molar-refractivity contribution is -0.119. The molecular formula is C13H18BrNO2. The molecule has 1 unspecified atom stereocenters. The molecule has 94 valence electrons. The second-order valence-corrected chi connectivity index (χ2v) is 4.85. The minimum absolute atomic E-state index is 0.0702. The van der Waals surface area contributed by atoms with Crippen LogP contribution in [0.3, 0.4) is 0 Å². The zero-order chi connectivity index (χ0) is 12.8. The molecule has 1 rings (SSSR count). The van der Waals surface area contributed by atoms with Gasteiger partial charge in [0, 0.05) is 10.9 Å². The SMILES string of the molecule is CCCC(N)C(=O)Cc1cc(OC)ccc1Br. The molecular weight excluding hydrogens is 282 g/mol. The van der Waals surface area contributed by atoms with Crippen LogP contribution in [0, 0.1) is 0 Å². The lowest BCUT2D eigenvalue weighted by atomic mass is 10.0. The van der Waals surface area contributed by atoms with Gasteiger partial charge < -0.3 is 10.5 Å². The largest absolute Gasteiger partial charge is 0.497 e. The van der Waals surface area contributed by atoms with Crippen molar-refractivity contribution in [3.63, 3.8) is 0 Å². The maximum absolute atomic E-state index is 11.9. The van der Waals surface area contributed by atoms with Crippen molar-refractivity contribution < 1.29 is 9.53 Å². The van der Waals surface area contributed by atoms with Crippen molar-refractivity contribution in [2.24, 2.45) is 5.73 Å². The Balaban J connectivity index is 2.76. The summed E-state index contributed by atoms with van der Waals surface area (Å²) in [6, 6.07) is 5.23. The molecule has 0 fully saturated rings. The summed E-state index contributed by atoms with van der Waals surface area (Å²) >= 11 is 3.43. The van der Waals surface area contributed by atoms with E-state index in [2.05, 4.69) is 15.9 Å². The van der Waals surface area contributed by atoms with Crippen molar-refractivity contribution in [3.8, 4) is 5.75 Å². The third kappa shape index (κ3) is 4.13. The Kier molecular flexibility index (Phi) is 5.65. The van der Waals surface area contributed by atoms with Crippen LogP contribution in [0.4, 0.5) is 0 Å². The number of benzene rings is 1. The van der Waals surface area contributed by atoms with Crippen molar-refractivity contribution in [1.82, 2.24) is 0 Å². The van der Waals surface area contributed by atoms with Gasteiger partial charge >= 0.3 is 0 Å². The van der Waals surface area contributed by atoms with Gasteiger partial charge in [-0.3, -0.25) is 4.79 Å². The Morgan fingerprint density at radius 2 is 2.24 bits per heavy atom. The third-order valence-corrected chi connectivity index (χ3v) is 3.40. The first-order valence-corrected chi connectivity index (χ1v) is 6.48. The predicted molar refractivity (Wildman–Crippen MR) is 72.3 cm³/mol. The molecule has 0 spiro atoms. The molecule has 0 aromatic heterocycles. The van der Waals surface area contributed by atoms with Gasteiger partial charge in [0.1, 0.15) is 5.75 Å². The molecule has 1 aromatic carbocycles. The highest BCUT2D eigenvalue weighted by molar-refractivity contribution is 9.10. The predicted octanol–water partition coefficient (Wildman–Crippen LogP) is 2.70. The zero-order valence-corrected chi connectivity index (χ0v) is 11.8. The number of ketones is 1. The van der Waals surface area contributed by atoms with Crippen molar-refractivity contribution >= 4 is 21.7 Å². The molecule has 3 nitrogen and oxygen atoms in total. The Labute approximate surface area is 110 Å². The summed E-state index contributed by atoms with van der Waals surface area (Å²) in [4.78, 5) is 11.9. The normalized spacial score (nSPS) is 12.2. The Bertz CT molecular complexity index is 393. The summed E-state index contributed by atoms with van der Waals surface area (Å²) in [6.45, 7) is 2.02. The Morgan fingerprint density at radius 3 is 2.82 bits per heavy atom. The highest BCUT2D eigenvalue weighted by atomic mass is 79.9. The third-order valence-electron chi connectivity index (χ3n) is 2.63. The first kappa shape index (κ1) is 14.2. The van der Waals surface area contributed by atoms with E-state index in [4.69, 9.17) is 10.5 Å². The van der Waals surface area contributed by atoms with E-state index in [-0.39, 0.29) is 11.8 Å². The highest BCUT2D eigenvalue weighted by Crippen LogP contribution is 2.23. The molecule has 4 heteroatoms. The van der Waals surface area contributed by atoms with Crippen LogP contribution in [-0.2, 0) is 11.2 Å². The van der Waals surface area contributed by atoms with Gasteiger partial charge in [0.25, 0.3) is 0 Å². The summed E-state index contributed by atoms with van der Waals surface area (Å²) in [5.74, 6) is 0.820. The smallest absolute Gasteiger partial charge is 0.153 e. The molecule has 0 heterocycles. The molecule has 0 radical (unpaired) electrons. The number of ether oxygens (including phenoxy) is 1. The van der Waals surface area contributed by atoms with Crippen molar-refractivity contribution in [2.75, 3.05) is 7.11 Å². The summed E-state index contributed by atoms with van der Waals surface area (Å²) in [5, 5.41) is 0. The first-order chi connectivity index (χ1) is 8.08. The van der Waals surface area contributed by atoms with Crippen molar-refractivity contribution in [2.45, 2.75) is 32.2 Å². The fourth-order valence-electron chi connectivity index (χ4n) is 1.60. The number of nitrogens with two attached hydrogens (primary N) is 1. The standard InChI is InChI=1S/C13H18BrNO2/c1-3-4-12(15)13(16)8-9-7-10(17-2)5-6-11(9)14/h5-7,12H,3-4,8,15H2,1-2H3. The second kappa shape index (κ2) is 6.77. The molecule has 0 aliphatic heterocycles. The molecule has 1 aromatic rings. The zero-order valence-electron chi connectivity index (χ0n) is 10.2. The number of hydrogen-bond donors (Lipinski definition) is 1. The average Bonchev–Trinajstić information content (AvgIpc) is 2.32. The van der Waals surface area contributed by atoms with Gasteiger partial charge in [-0.2, -0.15) is 0 Å². The number of carbonyl (C=O) groups is 1. The van der Waals surface area contributed by atoms with Crippen LogP contribution in [0.5, 0.6) is 5.75 Å². The molecule has 0 saturated carbocycles. The number of methoxy groups -OCH3 is 1. The molecule has 17 heavy (non-hydrogen) atoms. The van der Waals surface area contributed by atoms with Crippen LogP contribution in [-0.4, -0.2) is 18.9 Å². The van der Waals surface area contributed by atoms with E-state index in [1.807, 2.05) is 25.1 Å². The van der Waals surface area contributed by atoms with Crippen LogP contribution in [0.2, 0.25) is 0 Å². The van der Waals surface area contributed by atoms with Crippen LogP contribution < -0.4 is 10.5 Å². The second-order valence-electron chi connectivity index (χ2n) is 4.00. The molecule has 0 saturated heterocycles. The van der Waals surface area contributed by atoms with Gasteiger partial charge in [-0.25, -0.2) is 0 Å². The molecule has 1 atom stereocenters. The fraction of sp³-hybridized carbons (Fsp3) is 0.462. The van der Waals surface area contributed by atoms with Crippen LogP contribution in [0.25, 0.3) is 0 Å². The molecule has 0 aliphatic carbocycles. The van der Waals surface area contributed by atoms with Crippen LogP contribution >= 0.6 is 15.9 Å². The van der Waals surface area contributed by atoms with Gasteiger partial charge in [0.05, 0.1) is 13.2 Å². The van der Waals surface area contributed by atoms with E-state index in [0.717, 1.165) is 28.6 Å². The summed E-state index contributed by atoms with van der Waals surface area (Å²) in [7, 11) is 1.61. The fourth-order valence-corrected chi connectivity index (χ4v) is 1.99. The minimum atomic E-state index is -0.363. The van der Waals surface area contributed by atoms with E-state index in [1.54, 1.807) is 7.11 Å². The van der Waals surface area contributed by atoms with Crippen LogP contribution in [0.15, 0.2) is 22.7 Å². The van der Waals surface area contributed by atoms with E-state index in [1.165, 1.54) is 0 Å². The van der Waals surface area contributed by atoms with Gasteiger partial charge in [-0.15, -0.1) is 0 Å². The Hall–Kier alpha value is -0.870. The number of rotatable bonds is 6. The summed E-state index contributed by atoms with van der Waals surface area (Å²) in [6.07, 6.45) is 2.01. The molecule has 0 aliphatic rings. The number of halogens is 1. The minimum Gasteiger partial charge on any atom is -0.497 e. The van der Waals surface area contributed by atoms with E-state index < -0.39 is 0 Å². The van der Waals surface area contributed by atoms with Gasteiger partial charge in [0.15, 0.2) is 5.78 Å². The summed E-state index contributed by atoms with van der Waals surface area (Å²) < 4.78 is 6.05. The lowest BCUT2D eigenvalue weighted by Gasteiger charge is -2.11. The average molecular weight is 300 g/mol. The van der Waals surface area contributed by atoms with E-state index in [9.17, 15) is 4.79 Å². The number of carbonyl (C=O) groups excluding carboxylic acids is 1. The maximum atomic E-state index is 11.9. The van der Waals surface area contributed by atoms with E-state index >= 15 is 0 Å². The molecule has 0 amide bonds. The molecule has 2 N–H and O–H groups in total. The maximum Gasteiger partial charge on any atom is 0.153 e. The van der Waals surface area contributed by atoms with E-state index in [0.29, 0.717) is 6.42 Å². The monoisotopic (exact) mass is 299 g/mol. The molecule has 0 bridgehead atoms. The lowest BCUT2D eigenvalue weighted by Crippen LogP contribution is -2.31. The quantitative estimate of drug-likeness (QED) is 0.879. The van der Waals surface area contributed by atoms with Gasteiger partial charge in [-0.05, 0) is 30.2 Å². The summed E-state index contributed by atoms with van der Waals surface area (Å²) in [5.41, 5.74) is 6.72. The topological polar surface area (TPSA) is 52.3 Å². The number of Topliss-reactive ketones (excluding diaryl/α,β-unsaturated/α-hetero) is 1. The van der Waals surface area contributed by atoms with Gasteiger partial charge in [-0.1, -0.05) is 29.3 Å². The number of hydrogen-bond acceptors (Lipinski definition) is 3. The van der Waals surface area contributed by atoms with Crippen molar-refractivity contribution in [1.29, 1.82) is 0 Å². The Morgan fingerprint density at radius 1 is 1.53 bits per heavy atom. The van der Waals surface area contributed by atoms with Gasteiger partial charge in [0.2, 0.25) is 0 Å².